The molecule has 1 saturated heterocycles. The molecule has 0 saturated carbocycles. The van der Waals surface area contributed by atoms with Gasteiger partial charge >= 0.3 is 6.03 Å². The van der Waals surface area contributed by atoms with E-state index in [0.717, 1.165) is 16.3 Å². The average Bonchev–Trinajstić information content (AvgIpc) is 2.81. The van der Waals surface area contributed by atoms with Gasteiger partial charge in [-0.1, -0.05) is 30.3 Å². The Labute approximate surface area is 117 Å². The minimum atomic E-state index is -0.452. The monoisotopic (exact) mass is 272 g/mol. The fraction of sp³-hybridized carbons (Fsp3) is 0.357. The number of likely N-dealkylation sites (N-methyl/N-ethyl adjacent to an activating group) is 3. The molecule has 2 atom stereocenters. The van der Waals surface area contributed by atoms with Crippen molar-refractivity contribution in [3.05, 3.63) is 35.9 Å². The van der Waals surface area contributed by atoms with Gasteiger partial charge in [0.2, 0.25) is 0 Å². The van der Waals surface area contributed by atoms with Crippen LogP contribution in [0.15, 0.2) is 35.3 Å². The Morgan fingerprint density at radius 2 is 1.65 bits per heavy atom. The molecule has 2 aliphatic heterocycles. The summed E-state index contributed by atoms with van der Waals surface area (Å²) in [4.78, 5) is 33.4. The second kappa shape index (κ2) is 4.33. The van der Waals surface area contributed by atoms with Gasteiger partial charge in [0.25, 0.3) is 5.91 Å². The third-order valence-electron chi connectivity index (χ3n) is 3.89. The molecule has 0 aliphatic carbocycles. The average molecular weight is 272 g/mol. The van der Waals surface area contributed by atoms with Crippen LogP contribution in [-0.4, -0.2) is 65.8 Å². The van der Waals surface area contributed by atoms with E-state index in [0.29, 0.717) is 0 Å². The zero-order valence-corrected chi connectivity index (χ0v) is 11.6. The maximum atomic E-state index is 12.3. The summed E-state index contributed by atoms with van der Waals surface area (Å²) < 4.78 is 0. The number of urea groups is 1. The van der Waals surface area contributed by atoms with Gasteiger partial charge in [-0.2, -0.15) is 0 Å². The summed E-state index contributed by atoms with van der Waals surface area (Å²) in [6, 6.07) is 8.92. The van der Waals surface area contributed by atoms with E-state index in [4.69, 9.17) is 0 Å². The molecule has 2 unspecified atom stereocenters. The molecule has 1 aromatic carbocycles. The summed E-state index contributed by atoms with van der Waals surface area (Å²) in [6.45, 7) is 0. The lowest BCUT2D eigenvalue weighted by Crippen LogP contribution is -2.63. The minimum Gasteiger partial charge on any atom is -0.344 e. The topological polar surface area (TPSA) is 56.2 Å². The molecule has 1 fully saturated rings. The SMILES string of the molecule is CN1C(=O)C2C(N=C(c3ccccc3)N2C)N(C)C1=O. The number of benzene rings is 1. The van der Waals surface area contributed by atoms with Gasteiger partial charge in [-0.05, 0) is 0 Å². The van der Waals surface area contributed by atoms with Crippen molar-refractivity contribution >= 4 is 17.8 Å². The van der Waals surface area contributed by atoms with Gasteiger partial charge in [-0.3, -0.25) is 9.69 Å². The second-order valence-electron chi connectivity index (χ2n) is 5.08. The first-order chi connectivity index (χ1) is 9.52. The van der Waals surface area contributed by atoms with Crippen LogP contribution in [-0.2, 0) is 4.79 Å². The first-order valence-corrected chi connectivity index (χ1v) is 6.43. The molecule has 20 heavy (non-hydrogen) atoms. The number of aliphatic imine (C=N–C) groups is 1. The van der Waals surface area contributed by atoms with Crippen molar-refractivity contribution in [1.82, 2.24) is 14.7 Å². The highest BCUT2D eigenvalue weighted by atomic mass is 16.2. The Morgan fingerprint density at radius 1 is 1.00 bits per heavy atom. The molecule has 104 valence electrons. The van der Waals surface area contributed by atoms with Crippen molar-refractivity contribution in [3.63, 3.8) is 0 Å². The summed E-state index contributed by atoms with van der Waals surface area (Å²) >= 11 is 0. The molecule has 0 spiro atoms. The predicted molar refractivity (Wildman–Crippen MR) is 74.2 cm³/mol. The highest BCUT2D eigenvalue weighted by Gasteiger charge is 2.49. The zero-order chi connectivity index (χ0) is 14.4. The second-order valence-corrected chi connectivity index (χ2v) is 5.08. The van der Waals surface area contributed by atoms with Gasteiger partial charge < -0.3 is 9.80 Å². The maximum absolute atomic E-state index is 12.3. The predicted octanol–water partition coefficient (Wildman–Crippen LogP) is 0.597. The number of amides is 3. The molecule has 0 bridgehead atoms. The number of rotatable bonds is 1. The molecule has 2 aliphatic rings. The van der Waals surface area contributed by atoms with Crippen molar-refractivity contribution in [2.75, 3.05) is 21.1 Å². The Hall–Kier alpha value is -2.37. The molecule has 3 amide bonds. The van der Waals surface area contributed by atoms with Crippen LogP contribution in [0.4, 0.5) is 4.79 Å². The molecule has 0 aromatic heterocycles. The van der Waals surface area contributed by atoms with Crippen LogP contribution in [0.5, 0.6) is 0 Å². The molecule has 2 heterocycles. The molecule has 6 nitrogen and oxygen atoms in total. The number of carbonyl (C=O) groups excluding carboxylic acids is 2. The van der Waals surface area contributed by atoms with E-state index in [9.17, 15) is 9.59 Å². The van der Waals surface area contributed by atoms with Gasteiger partial charge in [0.15, 0.2) is 12.2 Å². The minimum absolute atomic E-state index is 0.213. The van der Waals surface area contributed by atoms with E-state index in [2.05, 4.69) is 4.99 Å². The number of amidine groups is 1. The first-order valence-electron chi connectivity index (χ1n) is 6.43. The quantitative estimate of drug-likeness (QED) is 0.752. The van der Waals surface area contributed by atoms with Crippen molar-refractivity contribution in [1.29, 1.82) is 0 Å². The zero-order valence-electron chi connectivity index (χ0n) is 11.6. The number of nitrogens with zero attached hydrogens (tertiary/aromatic N) is 4. The van der Waals surface area contributed by atoms with E-state index < -0.39 is 12.2 Å². The van der Waals surface area contributed by atoms with Crippen LogP contribution in [0.25, 0.3) is 0 Å². The van der Waals surface area contributed by atoms with Crippen LogP contribution in [0.3, 0.4) is 0 Å². The number of fused-ring (bicyclic) bond motifs is 1. The summed E-state index contributed by atoms with van der Waals surface area (Å²) in [6.07, 6.45) is -0.452. The summed E-state index contributed by atoms with van der Waals surface area (Å²) in [5, 5.41) is 0. The fourth-order valence-electron chi connectivity index (χ4n) is 2.72. The standard InChI is InChI=1S/C14H16N4O2/c1-16-10-12(17(2)14(20)18(3)13(10)19)15-11(16)9-7-5-4-6-8-9/h4-8,10,12H,1-3H3. The van der Waals surface area contributed by atoms with Crippen LogP contribution in [0.2, 0.25) is 0 Å². The molecular formula is C14H16N4O2. The van der Waals surface area contributed by atoms with Crippen LogP contribution in [0, 0.1) is 0 Å². The normalized spacial score (nSPS) is 25.9. The molecule has 0 radical (unpaired) electrons. The molecule has 6 heteroatoms. The van der Waals surface area contributed by atoms with Crippen molar-refractivity contribution < 1.29 is 9.59 Å². The van der Waals surface area contributed by atoms with Crippen LogP contribution in [0.1, 0.15) is 5.56 Å². The smallest absolute Gasteiger partial charge is 0.328 e. The highest BCUT2D eigenvalue weighted by Crippen LogP contribution is 2.27. The lowest BCUT2D eigenvalue weighted by atomic mass is 10.1. The third kappa shape index (κ3) is 1.61. The van der Waals surface area contributed by atoms with E-state index >= 15 is 0 Å². The lowest BCUT2D eigenvalue weighted by Gasteiger charge is -2.38. The third-order valence-corrected chi connectivity index (χ3v) is 3.89. The van der Waals surface area contributed by atoms with Crippen molar-refractivity contribution in [3.8, 4) is 0 Å². The van der Waals surface area contributed by atoms with E-state index in [-0.39, 0.29) is 11.9 Å². The molecule has 0 N–H and O–H groups in total. The number of carbonyl (C=O) groups is 2. The molecular weight excluding hydrogens is 256 g/mol. The van der Waals surface area contributed by atoms with Crippen molar-refractivity contribution in [2.45, 2.75) is 12.2 Å². The van der Waals surface area contributed by atoms with Gasteiger partial charge in [0.1, 0.15) is 5.84 Å². The van der Waals surface area contributed by atoms with E-state index in [1.807, 2.05) is 42.3 Å². The lowest BCUT2D eigenvalue weighted by molar-refractivity contribution is -0.135. The Balaban J connectivity index is 2.02. The Morgan fingerprint density at radius 3 is 2.30 bits per heavy atom. The van der Waals surface area contributed by atoms with Gasteiger partial charge in [-0.15, -0.1) is 0 Å². The number of imide groups is 1. The van der Waals surface area contributed by atoms with Crippen molar-refractivity contribution in [2.24, 2.45) is 4.99 Å². The fourth-order valence-corrected chi connectivity index (χ4v) is 2.72. The van der Waals surface area contributed by atoms with E-state index in [1.54, 1.807) is 7.05 Å². The first kappa shape index (κ1) is 12.7. The number of hydrogen-bond acceptors (Lipinski definition) is 4. The van der Waals surface area contributed by atoms with Crippen LogP contribution >= 0.6 is 0 Å². The molecule has 1 aromatic rings. The summed E-state index contributed by atoms with van der Waals surface area (Å²) in [5.41, 5.74) is 0.945. The molecule has 3 rings (SSSR count). The van der Waals surface area contributed by atoms with Gasteiger partial charge in [0.05, 0.1) is 0 Å². The maximum Gasteiger partial charge on any atom is 0.328 e. The van der Waals surface area contributed by atoms with Gasteiger partial charge in [0, 0.05) is 26.7 Å². The Kier molecular flexibility index (Phi) is 2.74. The summed E-state index contributed by atoms with van der Waals surface area (Å²) in [7, 11) is 5.02. The highest BCUT2D eigenvalue weighted by molar-refractivity contribution is 6.07. The summed E-state index contributed by atoms with van der Waals surface area (Å²) in [5.74, 6) is 0.527. The Bertz CT molecular complexity index is 598. The van der Waals surface area contributed by atoms with Crippen LogP contribution < -0.4 is 0 Å². The van der Waals surface area contributed by atoms with E-state index in [1.165, 1.54) is 11.9 Å². The largest absolute Gasteiger partial charge is 0.344 e. The van der Waals surface area contributed by atoms with Gasteiger partial charge in [-0.25, -0.2) is 9.79 Å². The number of hydrogen-bond donors (Lipinski definition) is 0.